The highest BCUT2D eigenvalue weighted by Crippen LogP contribution is 2.24. The van der Waals surface area contributed by atoms with Gasteiger partial charge in [0.05, 0.1) is 12.2 Å². The minimum atomic E-state index is -0.463. The van der Waals surface area contributed by atoms with Gasteiger partial charge in [-0.2, -0.15) is 9.61 Å². The maximum atomic E-state index is 13.7. The van der Waals surface area contributed by atoms with Crippen molar-refractivity contribution < 1.29 is 14.6 Å². The summed E-state index contributed by atoms with van der Waals surface area (Å²) in [6.07, 6.45) is 5.27. The van der Waals surface area contributed by atoms with Crippen LogP contribution in [0.2, 0.25) is 5.02 Å². The minimum Gasteiger partial charge on any atom is -0.494 e. The van der Waals surface area contributed by atoms with Crippen molar-refractivity contribution in [1.82, 2.24) is 19.6 Å². The van der Waals surface area contributed by atoms with Crippen LogP contribution in [0.5, 0.6) is 11.8 Å². The molecule has 152 valence electrons. The number of aromatic hydroxyl groups is 2. The number of fused-ring (bicyclic) bond motifs is 1. The zero-order valence-corrected chi connectivity index (χ0v) is 16.2. The number of hydrogen-bond donors (Lipinski definition) is 4. The van der Waals surface area contributed by atoms with E-state index in [9.17, 15) is 14.6 Å². The number of H-pyrrole nitrogens is 1. The molecule has 0 atom stereocenters. The summed E-state index contributed by atoms with van der Waals surface area (Å²) in [5.41, 5.74) is 1.93. The van der Waals surface area contributed by atoms with E-state index in [4.69, 9.17) is 11.6 Å². The molecule has 8 nitrogen and oxygen atoms in total. The van der Waals surface area contributed by atoms with Crippen molar-refractivity contribution in [2.45, 2.75) is 18.9 Å². The maximum absolute atomic E-state index is 13.7. The molecule has 30 heavy (non-hydrogen) atoms. The first-order valence-electron chi connectivity index (χ1n) is 9.23. The zero-order chi connectivity index (χ0) is 20.8. The summed E-state index contributed by atoms with van der Waals surface area (Å²) in [6, 6.07) is 7.51. The second-order valence-corrected chi connectivity index (χ2v) is 7.52. The summed E-state index contributed by atoms with van der Waals surface area (Å²) < 4.78 is 15.3. The smallest absolute Gasteiger partial charge is 0.198 e. The number of aromatic nitrogens is 4. The Kier molecular flexibility index (Phi) is 4.32. The van der Waals surface area contributed by atoms with Crippen molar-refractivity contribution in [2.75, 3.05) is 5.32 Å². The van der Waals surface area contributed by atoms with Crippen LogP contribution in [0.25, 0.3) is 11.7 Å². The molecule has 1 saturated carbocycles. The molecule has 0 spiro atoms. The lowest BCUT2D eigenvalue weighted by Gasteiger charge is -2.07. The average molecular weight is 427 g/mol. The lowest BCUT2D eigenvalue weighted by molar-refractivity contribution is 0.425. The molecule has 0 bridgehead atoms. The molecule has 0 aliphatic heterocycles. The van der Waals surface area contributed by atoms with Crippen molar-refractivity contribution in [1.29, 1.82) is 0 Å². The second-order valence-electron chi connectivity index (χ2n) is 7.08. The summed E-state index contributed by atoms with van der Waals surface area (Å²) in [6.45, 7) is 0. The van der Waals surface area contributed by atoms with E-state index in [0.717, 1.165) is 12.8 Å². The Morgan fingerprint density at radius 1 is 1.23 bits per heavy atom. The topological polar surface area (TPSA) is 111 Å². The van der Waals surface area contributed by atoms with Gasteiger partial charge in [-0.25, -0.2) is 9.37 Å². The first-order valence-corrected chi connectivity index (χ1v) is 9.61. The highest BCUT2D eigenvalue weighted by Gasteiger charge is 2.20. The van der Waals surface area contributed by atoms with Crippen molar-refractivity contribution in [2.24, 2.45) is 4.99 Å². The molecular weight excluding hydrogens is 411 g/mol. The Hall–Kier alpha value is -3.59. The summed E-state index contributed by atoms with van der Waals surface area (Å²) in [7, 11) is 0. The molecular formula is C20H16ClFN6O2. The van der Waals surface area contributed by atoms with E-state index in [1.54, 1.807) is 28.9 Å². The Bertz CT molecular complexity index is 1370. The number of halogens is 2. The predicted octanol–water partition coefficient (Wildman–Crippen LogP) is 2.62. The molecule has 0 unspecified atom stereocenters. The van der Waals surface area contributed by atoms with Gasteiger partial charge in [-0.05, 0) is 37.1 Å². The fraction of sp³-hybridized carbons (Fsp3) is 0.150. The fourth-order valence-corrected chi connectivity index (χ4v) is 3.33. The molecule has 0 radical (unpaired) electrons. The monoisotopic (exact) mass is 426 g/mol. The second kappa shape index (κ2) is 7.03. The molecule has 0 amide bonds. The van der Waals surface area contributed by atoms with Crippen LogP contribution >= 0.6 is 11.6 Å². The van der Waals surface area contributed by atoms with Crippen LogP contribution in [-0.4, -0.2) is 35.8 Å². The molecule has 1 aliphatic carbocycles. The lowest BCUT2D eigenvalue weighted by Crippen LogP contribution is -2.19. The van der Waals surface area contributed by atoms with Gasteiger partial charge in [0, 0.05) is 33.6 Å². The molecule has 10 heteroatoms. The van der Waals surface area contributed by atoms with Crippen molar-refractivity contribution >= 4 is 34.8 Å². The Morgan fingerprint density at radius 3 is 2.77 bits per heavy atom. The molecule has 0 saturated heterocycles. The van der Waals surface area contributed by atoms with Gasteiger partial charge in [-0.3, -0.25) is 9.98 Å². The predicted molar refractivity (Wildman–Crippen MR) is 109 cm³/mol. The summed E-state index contributed by atoms with van der Waals surface area (Å²) in [4.78, 5) is 11.7. The number of benzene rings is 1. The largest absolute Gasteiger partial charge is 0.494 e. The van der Waals surface area contributed by atoms with E-state index in [1.807, 2.05) is 0 Å². The zero-order valence-electron chi connectivity index (χ0n) is 15.5. The fourth-order valence-electron chi connectivity index (χ4n) is 3.11. The van der Waals surface area contributed by atoms with Gasteiger partial charge in [0.1, 0.15) is 11.6 Å². The maximum Gasteiger partial charge on any atom is 0.198 e. The number of aromatic amines is 1. The van der Waals surface area contributed by atoms with Crippen LogP contribution < -0.4 is 16.0 Å². The van der Waals surface area contributed by atoms with Crippen LogP contribution in [-0.2, 0) is 0 Å². The third kappa shape index (κ3) is 3.67. The van der Waals surface area contributed by atoms with Gasteiger partial charge < -0.3 is 15.5 Å². The Balaban J connectivity index is 1.67. The highest BCUT2D eigenvalue weighted by molar-refractivity contribution is 6.30. The molecule has 4 N–H and O–H groups in total. The van der Waals surface area contributed by atoms with Gasteiger partial charge in [0.2, 0.25) is 0 Å². The quantitative estimate of drug-likeness (QED) is 0.401. The van der Waals surface area contributed by atoms with Crippen LogP contribution in [0.1, 0.15) is 18.4 Å². The van der Waals surface area contributed by atoms with Gasteiger partial charge in [0.25, 0.3) is 0 Å². The van der Waals surface area contributed by atoms with Gasteiger partial charge >= 0.3 is 0 Å². The number of hydrogen-bond acceptors (Lipinski definition) is 6. The molecule has 3 aromatic heterocycles. The molecule has 1 aliphatic rings. The van der Waals surface area contributed by atoms with Gasteiger partial charge in [-0.15, -0.1) is 0 Å². The first-order chi connectivity index (χ1) is 14.4. The molecule has 1 fully saturated rings. The van der Waals surface area contributed by atoms with E-state index < -0.39 is 5.82 Å². The van der Waals surface area contributed by atoms with E-state index in [2.05, 4.69) is 25.4 Å². The van der Waals surface area contributed by atoms with E-state index in [0.29, 0.717) is 33.4 Å². The molecule has 5 rings (SSSR count). The van der Waals surface area contributed by atoms with E-state index in [1.165, 1.54) is 18.2 Å². The van der Waals surface area contributed by atoms with Crippen LogP contribution in [0.3, 0.4) is 0 Å². The summed E-state index contributed by atoms with van der Waals surface area (Å²) in [5, 5.41) is 27.8. The van der Waals surface area contributed by atoms with Crippen LogP contribution in [0.4, 0.5) is 15.9 Å². The number of nitrogens with zero attached hydrogens (tertiary/aromatic N) is 4. The van der Waals surface area contributed by atoms with E-state index in [-0.39, 0.29) is 22.8 Å². The third-order valence-electron chi connectivity index (χ3n) is 4.60. The van der Waals surface area contributed by atoms with Crippen molar-refractivity contribution in [3.63, 3.8) is 0 Å². The van der Waals surface area contributed by atoms with Crippen molar-refractivity contribution in [3.05, 3.63) is 63.6 Å². The third-order valence-corrected chi connectivity index (χ3v) is 4.82. The van der Waals surface area contributed by atoms with Crippen molar-refractivity contribution in [3.8, 4) is 11.8 Å². The standard InChI is InChI=1S/C20H16ClFN6O2/c21-12-5-13(22)7-15(6-12)24-16-8-17(25-14-1-2-14)28-19(26-16)11(9-23-28)3-10-4-18(29)27-20(10)30/h3-9,14,24,27,29-30H,1-2H2. The SMILES string of the molecule is Oc1cc(C=c2cnn3c(=NC4CC4)cc(Nc4cc(F)cc(Cl)c4)nc23)c(O)[nH]1. The Morgan fingerprint density at radius 2 is 2.07 bits per heavy atom. The van der Waals surface area contributed by atoms with Gasteiger partial charge in [0.15, 0.2) is 22.9 Å². The molecule has 4 aromatic rings. The first kappa shape index (κ1) is 18.4. The number of anilines is 2. The van der Waals surface area contributed by atoms with Crippen LogP contribution in [0.15, 0.2) is 41.5 Å². The van der Waals surface area contributed by atoms with Gasteiger partial charge in [-0.1, -0.05) is 11.6 Å². The summed E-state index contributed by atoms with van der Waals surface area (Å²) >= 11 is 5.95. The lowest BCUT2D eigenvalue weighted by atomic mass is 10.2. The highest BCUT2D eigenvalue weighted by atomic mass is 35.5. The Labute approximate surface area is 174 Å². The average Bonchev–Trinajstić information content (AvgIpc) is 3.30. The van der Waals surface area contributed by atoms with Crippen LogP contribution in [0, 0.1) is 5.82 Å². The van der Waals surface area contributed by atoms with E-state index >= 15 is 0 Å². The number of nitrogens with one attached hydrogen (secondary N) is 2. The normalized spacial score (nSPS) is 15.3. The molecule has 3 heterocycles. The minimum absolute atomic E-state index is 0.155. The molecule has 1 aromatic carbocycles. The number of rotatable bonds is 4. The summed E-state index contributed by atoms with van der Waals surface area (Å²) in [5.74, 6) is -0.341.